The molecule has 2 amide bonds. The second-order valence-corrected chi connectivity index (χ2v) is 7.07. The first-order valence-electron chi connectivity index (χ1n) is 8.99. The van der Waals surface area contributed by atoms with Crippen LogP contribution in [0.4, 0.5) is 0 Å². The van der Waals surface area contributed by atoms with Gasteiger partial charge in [0.1, 0.15) is 5.76 Å². The molecule has 0 fully saturated rings. The van der Waals surface area contributed by atoms with E-state index in [9.17, 15) is 9.59 Å². The molecule has 1 aliphatic heterocycles. The van der Waals surface area contributed by atoms with Gasteiger partial charge in [0.05, 0.1) is 31.0 Å². The van der Waals surface area contributed by atoms with Crippen LogP contribution in [-0.4, -0.2) is 51.9 Å². The summed E-state index contributed by atoms with van der Waals surface area (Å²) in [5.74, 6) is 0.535. The monoisotopic (exact) mass is 375 g/mol. The average Bonchev–Trinajstić information content (AvgIpc) is 3.23. The zero-order valence-corrected chi connectivity index (χ0v) is 16.1. The fourth-order valence-corrected chi connectivity index (χ4v) is 2.96. The predicted molar refractivity (Wildman–Crippen MR) is 96.1 cm³/mol. The molecule has 0 unspecified atom stereocenters. The zero-order chi connectivity index (χ0) is 19.6. The Kier molecular flexibility index (Phi) is 5.59. The molecule has 146 valence electrons. The molecule has 3 heterocycles. The minimum Gasteiger partial charge on any atom is -0.380 e. The van der Waals surface area contributed by atoms with Crippen LogP contribution in [0.2, 0.25) is 0 Å². The second-order valence-electron chi connectivity index (χ2n) is 7.07. The van der Waals surface area contributed by atoms with E-state index in [1.807, 2.05) is 13.8 Å². The fourth-order valence-electron chi connectivity index (χ4n) is 2.96. The third-order valence-corrected chi connectivity index (χ3v) is 4.46. The lowest BCUT2D eigenvalue weighted by Gasteiger charge is -2.27. The summed E-state index contributed by atoms with van der Waals surface area (Å²) < 4.78 is 12.1. The topological polar surface area (TPSA) is 102 Å². The van der Waals surface area contributed by atoms with Gasteiger partial charge in [-0.3, -0.25) is 14.3 Å². The molecule has 2 aromatic rings. The van der Waals surface area contributed by atoms with Crippen molar-refractivity contribution in [1.29, 1.82) is 0 Å². The summed E-state index contributed by atoms with van der Waals surface area (Å²) in [7, 11) is 1.56. The molecule has 0 saturated heterocycles. The molecule has 1 aliphatic rings. The van der Waals surface area contributed by atoms with Crippen molar-refractivity contribution in [3.63, 3.8) is 0 Å². The summed E-state index contributed by atoms with van der Waals surface area (Å²) >= 11 is 0. The van der Waals surface area contributed by atoms with E-state index in [2.05, 4.69) is 15.6 Å². The number of aromatic nitrogens is 3. The van der Waals surface area contributed by atoms with Gasteiger partial charge in [0.15, 0.2) is 11.4 Å². The van der Waals surface area contributed by atoms with Crippen molar-refractivity contribution in [2.45, 2.75) is 40.5 Å². The predicted octanol–water partition coefficient (Wildman–Crippen LogP) is 1.37. The highest BCUT2D eigenvalue weighted by Gasteiger charge is 2.29. The molecule has 0 saturated carbocycles. The maximum atomic E-state index is 12.9. The van der Waals surface area contributed by atoms with Gasteiger partial charge in [-0.25, -0.2) is 0 Å². The van der Waals surface area contributed by atoms with Crippen LogP contribution in [0.3, 0.4) is 0 Å². The molecule has 2 aromatic heterocycles. The Balaban J connectivity index is 1.73. The van der Waals surface area contributed by atoms with E-state index < -0.39 is 0 Å². The van der Waals surface area contributed by atoms with Gasteiger partial charge in [0.25, 0.3) is 11.8 Å². The highest BCUT2D eigenvalue weighted by molar-refractivity contribution is 5.94. The normalized spacial score (nSPS) is 13.7. The fraction of sp³-hybridized carbons (Fsp3) is 0.556. The lowest BCUT2D eigenvalue weighted by Crippen LogP contribution is -2.39. The smallest absolute Gasteiger partial charge is 0.276 e. The number of hydrogen-bond donors (Lipinski definition) is 1. The SMILES string of the molecule is COCc1c(C(=O)N2CCn3nc(C(=O)NCC(C)C)cc3C2)noc1C. The largest absolute Gasteiger partial charge is 0.380 e. The third-order valence-electron chi connectivity index (χ3n) is 4.46. The molecular weight excluding hydrogens is 350 g/mol. The van der Waals surface area contributed by atoms with Gasteiger partial charge in [0, 0.05) is 20.2 Å². The van der Waals surface area contributed by atoms with Crippen LogP contribution in [0.25, 0.3) is 0 Å². The molecule has 3 rings (SSSR count). The number of ether oxygens (including phenoxy) is 1. The summed E-state index contributed by atoms with van der Waals surface area (Å²) in [6, 6.07) is 1.74. The first-order chi connectivity index (χ1) is 12.9. The van der Waals surface area contributed by atoms with Crippen molar-refractivity contribution in [2.75, 3.05) is 20.2 Å². The van der Waals surface area contributed by atoms with Crippen molar-refractivity contribution in [3.8, 4) is 0 Å². The Morgan fingerprint density at radius 2 is 2.15 bits per heavy atom. The molecule has 1 N–H and O–H groups in total. The highest BCUT2D eigenvalue weighted by atomic mass is 16.5. The van der Waals surface area contributed by atoms with E-state index in [0.717, 1.165) is 5.69 Å². The number of rotatable bonds is 6. The van der Waals surface area contributed by atoms with Gasteiger partial charge in [-0.2, -0.15) is 5.10 Å². The molecule has 0 spiro atoms. The number of carbonyl (C=O) groups excluding carboxylic acids is 2. The van der Waals surface area contributed by atoms with Crippen molar-refractivity contribution in [3.05, 3.63) is 34.5 Å². The molecular formula is C18H25N5O4. The molecule has 0 aliphatic carbocycles. The Hall–Kier alpha value is -2.68. The van der Waals surface area contributed by atoms with E-state index in [0.29, 0.717) is 49.1 Å². The number of nitrogens with zero attached hydrogens (tertiary/aromatic N) is 4. The number of fused-ring (bicyclic) bond motifs is 1. The van der Waals surface area contributed by atoms with Gasteiger partial charge in [0.2, 0.25) is 0 Å². The summed E-state index contributed by atoms with van der Waals surface area (Å²) in [5, 5.41) is 11.1. The molecule has 9 nitrogen and oxygen atoms in total. The summed E-state index contributed by atoms with van der Waals surface area (Å²) in [5.41, 5.74) is 2.13. The Morgan fingerprint density at radius 1 is 1.37 bits per heavy atom. The number of aryl methyl sites for hydroxylation is 1. The third kappa shape index (κ3) is 4.02. The summed E-state index contributed by atoms with van der Waals surface area (Å²) in [6.45, 7) is 8.06. The van der Waals surface area contributed by atoms with E-state index in [1.54, 1.807) is 29.7 Å². The second kappa shape index (κ2) is 7.91. The molecule has 0 atom stereocenters. The van der Waals surface area contributed by atoms with Gasteiger partial charge in [-0.1, -0.05) is 19.0 Å². The van der Waals surface area contributed by atoms with E-state index in [4.69, 9.17) is 9.26 Å². The lowest BCUT2D eigenvalue weighted by molar-refractivity contribution is 0.0690. The molecule has 9 heteroatoms. The maximum Gasteiger partial charge on any atom is 0.276 e. The first-order valence-corrected chi connectivity index (χ1v) is 8.99. The number of methoxy groups -OCH3 is 1. The Bertz CT molecular complexity index is 839. The quantitative estimate of drug-likeness (QED) is 0.818. The van der Waals surface area contributed by atoms with Crippen LogP contribution in [0.15, 0.2) is 10.6 Å². The van der Waals surface area contributed by atoms with Crippen molar-refractivity contribution in [1.82, 2.24) is 25.2 Å². The van der Waals surface area contributed by atoms with Gasteiger partial charge in [-0.05, 0) is 18.9 Å². The first kappa shape index (κ1) is 19.1. The molecule has 0 bridgehead atoms. The summed E-state index contributed by atoms with van der Waals surface area (Å²) in [4.78, 5) is 26.8. The van der Waals surface area contributed by atoms with Gasteiger partial charge >= 0.3 is 0 Å². The minimum atomic E-state index is -0.211. The Morgan fingerprint density at radius 3 is 2.85 bits per heavy atom. The van der Waals surface area contributed by atoms with Crippen LogP contribution in [0.1, 0.15) is 51.8 Å². The van der Waals surface area contributed by atoms with E-state index in [-0.39, 0.29) is 24.1 Å². The van der Waals surface area contributed by atoms with Crippen LogP contribution in [-0.2, 0) is 24.4 Å². The van der Waals surface area contributed by atoms with Crippen molar-refractivity contribution >= 4 is 11.8 Å². The molecule has 0 aromatic carbocycles. The number of hydrogen-bond acceptors (Lipinski definition) is 6. The van der Waals surface area contributed by atoms with Gasteiger partial charge in [-0.15, -0.1) is 0 Å². The van der Waals surface area contributed by atoms with Crippen LogP contribution in [0.5, 0.6) is 0 Å². The Labute approximate surface area is 157 Å². The van der Waals surface area contributed by atoms with Crippen molar-refractivity contribution < 1.29 is 18.8 Å². The van der Waals surface area contributed by atoms with Crippen LogP contribution >= 0.6 is 0 Å². The highest BCUT2D eigenvalue weighted by Crippen LogP contribution is 2.20. The van der Waals surface area contributed by atoms with Crippen molar-refractivity contribution in [2.24, 2.45) is 5.92 Å². The van der Waals surface area contributed by atoms with Gasteiger partial charge < -0.3 is 19.5 Å². The van der Waals surface area contributed by atoms with Crippen LogP contribution < -0.4 is 5.32 Å². The molecule has 0 radical (unpaired) electrons. The average molecular weight is 375 g/mol. The standard InChI is InChI=1S/C18H25N5O4/c1-11(2)8-19-17(24)15-7-13-9-22(5-6-23(13)20-15)18(25)16-14(10-26-4)12(3)27-21-16/h7,11H,5-6,8-10H2,1-4H3,(H,19,24). The number of carbonyl (C=O) groups is 2. The number of amides is 2. The lowest BCUT2D eigenvalue weighted by atomic mass is 10.1. The van der Waals surface area contributed by atoms with E-state index in [1.165, 1.54) is 0 Å². The minimum absolute atomic E-state index is 0.196. The zero-order valence-electron chi connectivity index (χ0n) is 16.1. The maximum absolute atomic E-state index is 12.9. The molecule has 27 heavy (non-hydrogen) atoms. The number of nitrogens with one attached hydrogen (secondary N) is 1. The summed E-state index contributed by atoms with van der Waals surface area (Å²) in [6.07, 6.45) is 0. The van der Waals surface area contributed by atoms with Crippen LogP contribution in [0, 0.1) is 12.8 Å². The van der Waals surface area contributed by atoms with E-state index >= 15 is 0 Å².